The van der Waals surface area contributed by atoms with Crippen LogP contribution in [0.1, 0.15) is 34.1 Å². The molecule has 1 fully saturated rings. The summed E-state index contributed by atoms with van der Waals surface area (Å²) >= 11 is 1.49. The monoisotopic (exact) mass is 293 g/mol. The summed E-state index contributed by atoms with van der Waals surface area (Å²) in [7, 11) is 0. The lowest BCUT2D eigenvalue weighted by molar-refractivity contribution is -0.0266. The molecule has 20 heavy (non-hydrogen) atoms. The molecule has 3 rings (SSSR count). The van der Waals surface area contributed by atoms with Crippen molar-refractivity contribution in [2.24, 2.45) is 0 Å². The molecule has 1 saturated heterocycles. The minimum absolute atomic E-state index is 0.0636. The smallest absolute Gasteiger partial charge is 0.264 e. The predicted octanol–water partition coefficient (Wildman–Crippen LogP) is 1.04. The Kier molecular flexibility index (Phi) is 3.75. The Labute approximate surface area is 119 Å². The fourth-order valence-electron chi connectivity index (χ4n) is 2.24. The van der Waals surface area contributed by atoms with E-state index in [1.165, 1.54) is 11.3 Å². The summed E-state index contributed by atoms with van der Waals surface area (Å²) < 4.78 is 5.60. The molecule has 3 heterocycles. The van der Waals surface area contributed by atoms with E-state index in [1.807, 2.05) is 11.4 Å². The number of tetrazole rings is 1. The summed E-state index contributed by atoms with van der Waals surface area (Å²) in [5.41, 5.74) is 1.10. The van der Waals surface area contributed by atoms with Gasteiger partial charge in [-0.05, 0) is 23.4 Å². The molecule has 1 atom stereocenters. The van der Waals surface area contributed by atoms with Crippen molar-refractivity contribution < 1.29 is 9.53 Å². The summed E-state index contributed by atoms with van der Waals surface area (Å²) in [6.07, 6.45) is 0.555. The van der Waals surface area contributed by atoms with Crippen molar-refractivity contribution in [1.29, 1.82) is 0 Å². The first-order valence-electron chi connectivity index (χ1n) is 6.50. The van der Waals surface area contributed by atoms with Gasteiger partial charge in [-0.1, -0.05) is 12.1 Å². The Hall–Kier alpha value is -1.80. The maximum Gasteiger partial charge on any atom is 0.264 e. The highest BCUT2D eigenvalue weighted by atomic mass is 32.1. The number of rotatable bonds is 3. The van der Waals surface area contributed by atoms with E-state index in [4.69, 9.17) is 4.74 Å². The molecule has 2 aromatic rings. The van der Waals surface area contributed by atoms with E-state index in [1.54, 1.807) is 4.90 Å². The second kappa shape index (κ2) is 5.68. The highest BCUT2D eigenvalue weighted by molar-refractivity contribution is 7.12. The van der Waals surface area contributed by atoms with Crippen LogP contribution in [0.3, 0.4) is 0 Å². The molecule has 7 nitrogen and oxygen atoms in total. The van der Waals surface area contributed by atoms with E-state index >= 15 is 0 Å². The van der Waals surface area contributed by atoms with Crippen LogP contribution in [0.15, 0.2) is 11.4 Å². The molecule has 2 aromatic heterocycles. The maximum atomic E-state index is 12.6. The van der Waals surface area contributed by atoms with Crippen LogP contribution in [0.25, 0.3) is 0 Å². The Morgan fingerprint density at radius 1 is 1.65 bits per heavy atom. The van der Waals surface area contributed by atoms with E-state index in [-0.39, 0.29) is 12.0 Å². The fourth-order valence-corrected chi connectivity index (χ4v) is 3.20. The average Bonchev–Trinajstić information content (AvgIpc) is 3.17. The number of aromatic amines is 1. The van der Waals surface area contributed by atoms with Gasteiger partial charge in [-0.25, -0.2) is 0 Å². The second-order valence-corrected chi connectivity index (χ2v) is 5.43. The van der Waals surface area contributed by atoms with Crippen molar-refractivity contribution in [2.45, 2.75) is 19.4 Å². The minimum atomic E-state index is -0.309. The predicted molar refractivity (Wildman–Crippen MR) is 72.5 cm³/mol. The number of morpholine rings is 1. The number of hydrogen-bond acceptors (Lipinski definition) is 6. The van der Waals surface area contributed by atoms with Gasteiger partial charge in [0.15, 0.2) is 0 Å². The number of thiophene rings is 1. The molecule has 0 saturated carbocycles. The van der Waals surface area contributed by atoms with Crippen LogP contribution >= 0.6 is 11.3 Å². The van der Waals surface area contributed by atoms with Gasteiger partial charge < -0.3 is 9.64 Å². The van der Waals surface area contributed by atoms with Gasteiger partial charge in [0.05, 0.1) is 18.0 Å². The maximum absolute atomic E-state index is 12.6. The van der Waals surface area contributed by atoms with Crippen LogP contribution in [0.2, 0.25) is 0 Å². The first kappa shape index (κ1) is 13.2. The first-order chi connectivity index (χ1) is 9.79. The number of nitrogens with one attached hydrogen (secondary N) is 1. The lowest BCUT2D eigenvalue weighted by Crippen LogP contribution is -2.42. The third-order valence-electron chi connectivity index (χ3n) is 3.33. The molecule has 1 unspecified atom stereocenters. The van der Waals surface area contributed by atoms with E-state index in [0.717, 1.165) is 16.9 Å². The molecule has 0 radical (unpaired) electrons. The standard InChI is InChI=1S/C12H15N5O2S/c1-2-8-3-6-20-10(8)12(18)17-4-5-19-9(7-17)11-13-15-16-14-11/h3,6,9H,2,4-5,7H2,1H3,(H,13,14,15,16). The van der Waals surface area contributed by atoms with Gasteiger partial charge in [-0.3, -0.25) is 4.79 Å². The molecule has 106 valence electrons. The number of amides is 1. The summed E-state index contributed by atoms with van der Waals surface area (Å²) in [5, 5.41) is 15.7. The van der Waals surface area contributed by atoms with Crippen LogP contribution in [-0.4, -0.2) is 51.1 Å². The molecule has 0 aliphatic carbocycles. The third kappa shape index (κ3) is 2.44. The van der Waals surface area contributed by atoms with Gasteiger partial charge in [-0.15, -0.1) is 21.5 Å². The van der Waals surface area contributed by atoms with Crippen molar-refractivity contribution in [3.05, 3.63) is 27.7 Å². The van der Waals surface area contributed by atoms with Gasteiger partial charge in [0.2, 0.25) is 5.82 Å². The number of carbonyl (C=O) groups excluding carboxylic acids is 1. The molecule has 1 aliphatic rings. The van der Waals surface area contributed by atoms with E-state index in [9.17, 15) is 4.79 Å². The second-order valence-electron chi connectivity index (χ2n) is 4.51. The normalized spacial score (nSPS) is 19.2. The van der Waals surface area contributed by atoms with Crippen molar-refractivity contribution in [3.63, 3.8) is 0 Å². The minimum Gasteiger partial charge on any atom is -0.366 e. The van der Waals surface area contributed by atoms with Crippen LogP contribution < -0.4 is 0 Å². The van der Waals surface area contributed by atoms with Crippen LogP contribution in [-0.2, 0) is 11.2 Å². The van der Waals surface area contributed by atoms with Crippen LogP contribution in [0, 0.1) is 0 Å². The van der Waals surface area contributed by atoms with Gasteiger partial charge in [0, 0.05) is 6.54 Å². The number of hydrogen-bond donors (Lipinski definition) is 1. The van der Waals surface area contributed by atoms with Crippen molar-refractivity contribution in [3.8, 4) is 0 Å². The molecular weight excluding hydrogens is 278 g/mol. The highest BCUT2D eigenvalue weighted by Crippen LogP contribution is 2.24. The summed E-state index contributed by atoms with van der Waals surface area (Å²) in [6.45, 7) is 3.59. The Bertz CT molecular complexity index is 582. The van der Waals surface area contributed by atoms with Crippen molar-refractivity contribution in [2.75, 3.05) is 19.7 Å². The molecule has 0 aromatic carbocycles. The molecule has 0 bridgehead atoms. The van der Waals surface area contributed by atoms with Crippen LogP contribution in [0.5, 0.6) is 0 Å². The van der Waals surface area contributed by atoms with Gasteiger partial charge in [0.1, 0.15) is 6.10 Å². The fraction of sp³-hybridized carbons (Fsp3) is 0.500. The van der Waals surface area contributed by atoms with E-state index < -0.39 is 0 Å². The highest BCUT2D eigenvalue weighted by Gasteiger charge is 2.29. The zero-order valence-corrected chi connectivity index (χ0v) is 11.9. The third-order valence-corrected chi connectivity index (χ3v) is 4.27. The SMILES string of the molecule is CCc1ccsc1C(=O)N1CCOC(c2nn[nH]n2)C1. The Balaban J connectivity index is 1.75. The first-order valence-corrected chi connectivity index (χ1v) is 7.38. The van der Waals surface area contributed by atoms with Gasteiger partial charge in [-0.2, -0.15) is 5.21 Å². The number of ether oxygens (including phenoxy) is 1. The molecular formula is C12H15N5O2S. The van der Waals surface area contributed by atoms with Crippen LogP contribution in [0.4, 0.5) is 0 Å². The zero-order chi connectivity index (χ0) is 13.9. The van der Waals surface area contributed by atoms with E-state index in [2.05, 4.69) is 27.5 Å². The van der Waals surface area contributed by atoms with Crippen molar-refractivity contribution in [1.82, 2.24) is 25.5 Å². The Morgan fingerprint density at radius 3 is 3.30 bits per heavy atom. The van der Waals surface area contributed by atoms with Gasteiger partial charge in [0.25, 0.3) is 5.91 Å². The average molecular weight is 293 g/mol. The lowest BCUT2D eigenvalue weighted by atomic mass is 10.2. The number of H-pyrrole nitrogens is 1. The number of aromatic nitrogens is 4. The molecule has 1 N–H and O–H groups in total. The van der Waals surface area contributed by atoms with Crippen molar-refractivity contribution >= 4 is 17.2 Å². The largest absolute Gasteiger partial charge is 0.366 e. The van der Waals surface area contributed by atoms with E-state index in [0.29, 0.717) is 25.5 Å². The molecule has 1 aliphatic heterocycles. The summed E-state index contributed by atoms with van der Waals surface area (Å²) in [5.74, 6) is 0.554. The molecule has 8 heteroatoms. The number of carbonyl (C=O) groups is 1. The van der Waals surface area contributed by atoms with Gasteiger partial charge >= 0.3 is 0 Å². The topological polar surface area (TPSA) is 84.0 Å². The molecule has 1 amide bonds. The summed E-state index contributed by atoms with van der Waals surface area (Å²) in [4.78, 5) is 15.2. The molecule has 0 spiro atoms. The zero-order valence-electron chi connectivity index (χ0n) is 11.1. The number of nitrogens with zero attached hydrogens (tertiary/aromatic N) is 4. The Morgan fingerprint density at radius 2 is 2.55 bits per heavy atom. The number of aryl methyl sites for hydroxylation is 1. The lowest BCUT2D eigenvalue weighted by Gasteiger charge is -2.31. The summed E-state index contributed by atoms with van der Waals surface area (Å²) in [6, 6.07) is 2.01. The quantitative estimate of drug-likeness (QED) is 0.914.